The lowest BCUT2D eigenvalue weighted by Gasteiger charge is -2.15. The molecule has 13 heavy (non-hydrogen) atoms. The maximum Gasteiger partial charge on any atom is 0.451 e. The normalized spacial score (nSPS) is 11.2. The van der Waals surface area contributed by atoms with Crippen molar-refractivity contribution in [2.45, 2.75) is 32.9 Å². The van der Waals surface area contributed by atoms with Crippen LogP contribution in [0.2, 0.25) is 0 Å². The average molecular weight is 197 g/mol. The van der Waals surface area contributed by atoms with Gasteiger partial charge in [-0.3, -0.25) is 0 Å². The summed E-state index contributed by atoms with van der Waals surface area (Å²) < 4.78 is 36.9. The monoisotopic (exact) mass is 197 g/mol. The van der Waals surface area contributed by atoms with Crippen LogP contribution in [0.3, 0.4) is 0 Å². The Morgan fingerprint density at radius 3 is 1.92 bits per heavy atom. The minimum atomic E-state index is -4.41. The highest BCUT2D eigenvalue weighted by atomic mass is 19.4. The van der Waals surface area contributed by atoms with Crippen molar-refractivity contribution in [3.63, 3.8) is 0 Å². The lowest BCUT2D eigenvalue weighted by Crippen LogP contribution is -2.22. The molecule has 0 spiro atoms. The fourth-order valence-electron chi connectivity index (χ4n) is 1.00. The van der Waals surface area contributed by atoms with Crippen LogP contribution in [0.1, 0.15) is 26.7 Å². The van der Waals surface area contributed by atoms with Gasteiger partial charge in [-0.1, -0.05) is 13.8 Å². The number of hydrogen-bond acceptors (Lipinski definition) is 2. The molecule has 0 radical (unpaired) electrons. The van der Waals surface area contributed by atoms with Crippen molar-refractivity contribution in [3.05, 3.63) is 11.3 Å². The second-order valence-electron chi connectivity index (χ2n) is 2.44. The number of alkyl halides is 3. The van der Waals surface area contributed by atoms with Crippen LogP contribution < -0.4 is 5.48 Å². The Balaban J connectivity index is 4.85. The van der Waals surface area contributed by atoms with Crippen molar-refractivity contribution >= 4 is 0 Å². The van der Waals surface area contributed by atoms with Gasteiger partial charge in [-0.2, -0.15) is 18.7 Å². The molecule has 0 rings (SSSR count). The number of rotatable bonds is 4. The predicted octanol–water partition coefficient (Wildman–Crippen LogP) is 2.77. The number of allylic oxidation sites excluding steroid dienone is 2. The van der Waals surface area contributed by atoms with E-state index in [4.69, 9.17) is 0 Å². The molecule has 0 aliphatic carbocycles. The van der Waals surface area contributed by atoms with E-state index in [1.165, 1.54) is 7.05 Å². The fraction of sp³-hybridized carbons (Fsp3) is 0.750. The summed E-state index contributed by atoms with van der Waals surface area (Å²) in [5.41, 5.74) is 2.31. The molecule has 1 N–H and O–H groups in total. The summed E-state index contributed by atoms with van der Waals surface area (Å²) in [6, 6.07) is 0. The molecular formula is C8H14F3NO. The van der Waals surface area contributed by atoms with Crippen LogP contribution in [0, 0.1) is 0 Å². The van der Waals surface area contributed by atoms with Gasteiger partial charge in [-0.25, -0.2) is 0 Å². The molecule has 0 aromatic heterocycles. The van der Waals surface area contributed by atoms with Gasteiger partial charge in [0, 0.05) is 7.05 Å². The topological polar surface area (TPSA) is 21.3 Å². The quantitative estimate of drug-likeness (QED) is 0.552. The third-order valence-electron chi connectivity index (χ3n) is 1.64. The van der Waals surface area contributed by atoms with Gasteiger partial charge in [-0.15, -0.1) is 0 Å². The molecule has 0 aliphatic heterocycles. The van der Waals surface area contributed by atoms with Crippen LogP contribution in [0.4, 0.5) is 13.2 Å². The summed E-state index contributed by atoms with van der Waals surface area (Å²) in [4.78, 5) is 4.35. The zero-order valence-electron chi connectivity index (χ0n) is 7.96. The molecule has 78 valence electrons. The van der Waals surface area contributed by atoms with E-state index < -0.39 is 11.9 Å². The third-order valence-corrected chi connectivity index (χ3v) is 1.64. The highest BCUT2D eigenvalue weighted by Gasteiger charge is 2.38. The van der Waals surface area contributed by atoms with Gasteiger partial charge in [0.05, 0.1) is 0 Å². The second-order valence-corrected chi connectivity index (χ2v) is 2.44. The van der Waals surface area contributed by atoms with E-state index in [-0.39, 0.29) is 5.57 Å². The summed E-state index contributed by atoms with van der Waals surface area (Å²) in [6.07, 6.45) is -3.73. The van der Waals surface area contributed by atoms with Gasteiger partial charge >= 0.3 is 6.18 Å². The number of hydrogen-bond donors (Lipinski definition) is 1. The van der Waals surface area contributed by atoms with E-state index in [2.05, 4.69) is 4.84 Å². The van der Waals surface area contributed by atoms with E-state index in [0.29, 0.717) is 12.8 Å². The molecular weight excluding hydrogens is 183 g/mol. The minimum Gasteiger partial charge on any atom is -0.404 e. The number of hydroxylamine groups is 1. The van der Waals surface area contributed by atoms with E-state index >= 15 is 0 Å². The van der Waals surface area contributed by atoms with Crippen LogP contribution in [0.15, 0.2) is 11.3 Å². The van der Waals surface area contributed by atoms with Crippen LogP contribution in [-0.2, 0) is 4.84 Å². The molecule has 0 heterocycles. The van der Waals surface area contributed by atoms with Crippen LogP contribution >= 0.6 is 0 Å². The fourth-order valence-corrected chi connectivity index (χ4v) is 1.00. The lowest BCUT2D eigenvalue weighted by molar-refractivity contribution is -0.142. The Labute approximate surface area is 75.7 Å². The van der Waals surface area contributed by atoms with E-state index in [1.807, 2.05) is 5.48 Å². The molecule has 0 atom stereocenters. The lowest BCUT2D eigenvalue weighted by atomic mass is 10.1. The Morgan fingerprint density at radius 2 is 1.69 bits per heavy atom. The first-order chi connectivity index (χ1) is 5.97. The standard InChI is InChI=1S/C8H14F3NO/c1-4-6(5-2)7(13-12-3)8(9,10)11/h12H,4-5H2,1-3H3. The van der Waals surface area contributed by atoms with Crippen molar-refractivity contribution in [1.82, 2.24) is 5.48 Å². The Bertz CT molecular complexity index is 180. The summed E-state index contributed by atoms with van der Waals surface area (Å²) in [6.45, 7) is 3.34. The smallest absolute Gasteiger partial charge is 0.404 e. The van der Waals surface area contributed by atoms with Gasteiger partial charge < -0.3 is 4.84 Å². The summed E-state index contributed by atoms with van der Waals surface area (Å²) in [5.74, 6) is -0.917. The van der Waals surface area contributed by atoms with Crippen molar-refractivity contribution < 1.29 is 18.0 Å². The molecule has 0 aromatic rings. The van der Waals surface area contributed by atoms with Crippen molar-refractivity contribution in [1.29, 1.82) is 0 Å². The summed E-state index contributed by atoms with van der Waals surface area (Å²) in [5, 5.41) is 0. The van der Waals surface area contributed by atoms with Gasteiger partial charge in [0.25, 0.3) is 0 Å². The largest absolute Gasteiger partial charge is 0.451 e. The maximum absolute atomic E-state index is 12.3. The first-order valence-electron chi connectivity index (χ1n) is 4.10. The Kier molecular flexibility index (Phi) is 4.83. The van der Waals surface area contributed by atoms with E-state index in [0.717, 1.165) is 0 Å². The molecule has 0 bridgehead atoms. The molecule has 0 unspecified atom stereocenters. The minimum absolute atomic E-state index is 0.266. The molecule has 0 aliphatic rings. The van der Waals surface area contributed by atoms with Gasteiger partial charge in [0.15, 0.2) is 0 Å². The highest BCUT2D eigenvalue weighted by molar-refractivity contribution is 5.12. The first kappa shape index (κ1) is 12.3. The molecule has 0 fully saturated rings. The third kappa shape index (κ3) is 3.67. The van der Waals surface area contributed by atoms with Gasteiger partial charge in [0.1, 0.15) is 0 Å². The molecule has 0 saturated carbocycles. The van der Waals surface area contributed by atoms with Gasteiger partial charge in [-0.05, 0) is 18.4 Å². The van der Waals surface area contributed by atoms with E-state index in [1.54, 1.807) is 13.8 Å². The van der Waals surface area contributed by atoms with Gasteiger partial charge in [0.2, 0.25) is 5.76 Å². The summed E-state index contributed by atoms with van der Waals surface area (Å²) in [7, 11) is 1.30. The zero-order chi connectivity index (χ0) is 10.5. The Morgan fingerprint density at radius 1 is 1.23 bits per heavy atom. The molecule has 0 saturated heterocycles. The molecule has 0 amide bonds. The average Bonchev–Trinajstić information content (AvgIpc) is 2.03. The SMILES string of the molecule is CCC(CC)=C(ONC)C(F)(F)F. The number of halogens is 3. The van der Waals surface area contributed by atoms with Crippen molar-refractivity contribution in [2.24, 2.45) is 0 Å². The Hall–Kier alpha value is -0.710. The molecule has 2 nitrogen and oxygen atoms in total. The van der Waals surface area contributed by atoms with Crippen LogP contribution in [-0.4, -0.2) is 13.2 Å². The van der Waals surface area contributed by atoms with Crippen LogP contribution in [0.5, 0.6) is 0 Å². The molecule has 5 heteroatoms. The highest BCUT2D eigenvalue weighted by Crippen LogP contribution is 2.30. The van der Waals surface area contributed by atoms with Crippen LogP contribution in [0.25, 0.3) is 0 Å². The van der Waals surface area contributed by atoms with Crippen molar-refractivity contribution in [2.75, 3.05) is 7.05 Å². The second kappa shape index (κ2) is 5.11. The molecule has 0 aromatic carbocycles. The first-order valence-corrected chi connectivity index (χ1v) is 4.10. The maximum atomic E-state index is 12.3. The summed E-state index contributed by atoms with van der Waals surface area (Å²) >= 11 is 0. The zero-order valence-corrected chi connectivity index (χ0v) is 7.96. The number of nitrogens with one attached hydrogen (secondary N) is 1. The predicted molar refractivity (Wildman–Crippen MR) is 43.8 cm³/mol. The van der Waals surface area contributed by atoms with E-state index in [9.17, 15) is 13.2 Å². The van der Waals surface area contributed by atoms with Crippen molar-refractivity contribution in [3.8, 4) is 0 Å².